The highest BCUT2D eigenvalue weighted by Crippen LogP contribution is 2.72. The summed E-state index contributed by atoms with van der Waals surface area (Å²) in [5, 5.41) is 0. The molecule has 0 N–H and O–H groups in total. The van der Waals surface area contributed by atoms with Crippen LogP contribution in [-0.4, -0.2) is 12.2 Å². The zero-order valence-electron chi connectivity index (χ0n) is 13.6. The van der Waals surface area contributed by atoms with Crippen molar-refractivity contribution >= 4 is 0 Å². The fourth-order valence-corrected chi connectivity index (χ4v) is 6.86. The van der Waals surface area contributed by atoms with E-state index in [4.69, 9.17) is 4.74 Å². The average Bonchev–Trinajstić information content (AvgIpc) is 2.72. The van der Waals surface area contributed by atoms with Gasteiger partial charge in [0, 0.05) is 6.61 Å². The summed E-state index contributed by atoms with van der Waals surface area (Å²) >= 11 is 0. The van der Waals surface area contributed by atoms with Crippen LogP contribution in [-0.2, 0) is 4.74 Å². The Morgan fingerprint density at radius 3 is 2.42 bits per heavy atom. The van der Waals surface area contributed by atoms with Crippen molar-refractivity contribution in [1.82, 2.24) is 0 Å². The fraction of sp³-hybridized carbons (Fsp3) is 1.00. The second-order valence-corrected chi connectivity index (χ2v) is 8.59. The van der Waals surface area contributed by atoms with Crippen molar-refractivity contribution in [3.05, 3.63) is 0 Å². The zero-order chi connectivity index (χ0) is 13.9. The van der Waals surface area contributed by atoms with Gasteiger partial charge in [-0.25, -0.2) is 0 Å². The third-order valence-electron chi connectivity index (χ3n) is 7.88. The minimum atomic E-state index is 0.181. The van der Waals surface area contributed by atoms with E-state index < -0.39 is 0 Å². The maximum Gasteiger partial charge on any atom is 0.0689 e. The maximum absolute atomic E-state index is 6.22. The lowest BCUT2D eigenvalue weighted by Crippen LogP contribution is -2.62. The lowest BCUT2D eigenvalue weighted by molar-refractivity contribution is -0.210. The van der Waals surface area contributed by atoms with Crippen LogP contribution in [0.25, 0.3) is 0 Å². The molecule has 19 heavy (non-hydrogen) atoms. The SMILES string of the molecule is CC[C@@]12CC[C@@]3(C)OCC[C@@H]3[C@@]1(C)CCCC2(C)C. The Bertz CT molecular complexity index is 374. The summed E-state index contributed by atoms with van der Waals surface area (Å²) in [5.74, 6) is 0.785. The summed E-state index contributed by atoms with van der Waals surface area (Å²) < 4.78 is 6.22. The van der Waals surface area contributed by atoms with Gasteiger partial charge >= 0.3 is 0 Å². The second kappa shape index (κ2) is 4.00. The summed E-state index contributed by atoms with van der Waals surface area (Å²) in [6.45, 7) is 13.6. The molecule has 0 aromatic carbocycles. The van der Waals surface area contributed by atoms with Gasteiger partial charge in [-0.1, -0.05) is 34.1 Å². The normalized spacial score (nSPS) is 52.6. The molecule has 4 atom stereocenters. The van der Waals surface area contributed by atoms with Crippen LogP contribution in [0.15, 0.2) is 0 Å². The third-order valence-corrected chi connectivity index (χ3v) is 7.88. The van der Waals surface area contributed by atoms with Crippen molar-refractivity contribution in [1.29, 1.82) is 0 Å². The molecule has 0 bridgehead atoms. The van der Waals surface area contributed by atoms with Crippen LogP contribution in [0, 0.1) is 22.2 Å². The van der Waals surface area contributed by atoms with Gasteiger partial charge in [-0.15, -0.1) is 0 Å². The highest BCUT2D eigenvalue weighted by Gasteiger charge is 2.67. The molecule has 1 heterocycles. The molecule has 0 aromatic heterocycles. The predicted octanol–water partition coefficient (Wildman–Crippen LogP) is 5.19. The van der Waals surface area contributed by atoms with Gasteiger partial charge in [0.2, 0.25) is 0 Å². The van der Waals surface area contributed by atoms with Crippen molar-refractivity contribution in [2.24, 2.45) is 22.2 Å². The molecule has 0 aromatic rings. The standard InChI is InChI=1S/C18H32O/c1-6-18-12-11-17(5)14(8-13-19-17)16(18,4)10-7-9-15(18,2)3/h14H,6-13H2,1-5H3/t14-,16-,17-,18+/m1/s1. The van der Waals surface area contributed by atoms with E-state index in [0.29, 0.717) is 16.2 Å². The van der Waals surface area contributed by atoms with Crippen LogP contribution in [0.4, 0.5) is 0 Å². The molecule has 1 heteroatoms. The van der Waals surface area contributed by atoms with Crippen molar-refractivity contribution in [3.63, 3.8) is 0 Å². The van der Waals surface area contributed by atoms with Crippen LogP contribution in [0.5, 0.6) is 0 Å². The Morgan fingerprint density at radius 2 is 1.74 bits per heavy atom. The second-order valence-electron chi connectivity index (χ2n) is 8.59. The quantitative estimate of drug-likeness (QED) is 0.633. The molecule has 1 aliphatic heterocycles. The van der Waals surface area contributed by atoms with Gasteiger partial charge in [0.05, 0.1) is 5.60 Å². The van der Waals surface area contributed by atoms with E-state index in [1.54, 1.807) is 0 Å². The Morgan fingerprint density at radius 1 is 1.00 bits per heavy atom. The van der Waals surface area contributed by atoms with Gasteiger partial charge in [0.15, 0.2) is 0 Å². The van der Waals surface area contributed by atoms with Gasteiger partial charge in [-0.2, -0.15) is 0 Å². The highest BCUT2D eigenvalue weighted by atomic mass is 16.5. The summed E-state index contributed by atoms with van der Waals surface area (Å²) in [4.78, 5) is 0. The minimum absolute atomic E-state index is 0.181. The number of ether oxygens (including phenoxy) is 1. The predicted molar refractivity (Wildman–Crippen MR) is 80.2 cm³/mol. The lowest BCUT2D eigenvalue weighted by atomic mass is 9.37. The Labute approximate surface area is 119 Å². The Kier molecular flexibility index (Phi) is 2.93. The first-order valence-corrected chi connectivity index (χ1v) is 8.45. The van der Waals surface area contributed by atoms with Gasteiger partial charge in [-0.05, 0) is 67.6 Å². The number of hydrogen-bond donors (Lipinski definition) is 0. The molecule has 0 unspecified atom stereocenters. The highest BCUT2D eigenvalue weighted by molar-refractivity contribution is 5.16. The topological polar surface area (TPSA) is 9.23 Å². The van der Waals surface area contributed by atoms with Crippen molar-refractivity contribution in [2.45, 2.75) is 85.2 Å². The van der Waals surface area contributed by atoms with Crippen molar-refractivity contribution in [2.75, 3.05) is 6.61 Å². The van der Waals surface area contributed by atoms with E-state index in [1.807, 2.05) is 0 Å². The summed E-state index contributed by atoms with van der Waals surface area (Å²) in [6, 6.07) is 0. The Balaban J connectivity index is 2.09. The van der Waals surface area contributed by atoms with Gasteiger partial charge < -0.3 is 4.74 Å². The molecule has 1 saturated heterocycles. The maximum atomic E-state index is 6.22. The van der Waals surface area contributed by atoms with Crippen LogP contribution in [0.1, 0.15) is 79.6 Å². The molecule has 0 amide bonds. The molecular weight excluding hydrogens is 232 g/mol. The first kappa shape index (κ1) is 13.9. The van der Waals surface area contributed by atoms with E-state index in [-0.39, 0.29) is 5.60 Å². The van der Waals surface area contributed by atoms with E-state index >= 15 is 0 Å². The molecule has 110 valence electrons. The number of fused-ring (bicyclic) bond motifs is 3. The van der Waals surface area contributed by atoms with E-state index in [1.165, 1.54) is 44.9 Å². The molecule has 0 spiro atoms. The fourth-order valence-electron chi connectivity index (χ4n) is 6.86. The largest absolute Gasteiger partial charge is 0.375 e. The third kappa shape index (κ3) is 1.51. The van der Waals surface area contributed by atoms with Crippen molar-refractivity contribution in [3.8, 4) is 0 Å². The van der Waals surface area contributed by atoms with E-state index in [0.717, 1.165) is 12.5 Å². The first-order chi connectivity index (χ1) is 8.81. The average molecular weight is 264 g/mol. The van der Waals surface area contributed by atoms with Crippen LogP contribution in [0.3, 0.4) is 0 Å². The number of rotatable bonds is 1. The van der Waals surface area contributed by atoms with E-state index in [2.05, 4.69) is 34.6 Å². The molecule has 0 radical (unpaired) electrons. The van der Waals surface area contributed by atoms with E-state index in [9.17, 15) is 0 Å². The summed E-state index contributed by atoms with van der Waals surface area (Å²) in [5.41, 5.74) is 1.71. The summed E-state index contributed by atoms with van der Waals surface area (Å²) in [7, 11) is 0. The molecule has 1 nitrogen and oxygen atoms in total. The molecule has 3 fully saturated rings. The van der Waals surface area contributed by atoms with Crippen molar-refractivity contribution < 1.29 is 4.74 Å². The monoisotopic (exact) mass is 264 g/mol. The number of hydrogen-bond acceptors (Lipinski definition) is 1. The van der Waals surface area contributed by atoms with Gasteiger partial charge in [0.1, 0.15) is 0 Å². The first-order valence-electron chi connectivity index (χ1n) is 8.45. The lowest BCUT2D eigenvalue weighted by Gasteiger charge is -2.68. The summed E-state index contributed by atoms with van der Waals surface area (Å²) in [6.07, 6.45) is 9.56. The molecular formula is C18H32O. The van der Waals surface area contributed by atoms with Crippen LogP contribution in [0.2, 0.25) is 0 Å². The van der Waals surface area contributed by atoms with Crippen LogP contribution >= 0.6 is 0 Å². The molecule has 2 saturated carbocycles. The van der Waals surface area contributed by atoms with Crippen LogP contribution < -0.4 is 0 Å². The molecule has 3 rings (SSSR count). The van der Waals surface area contributed by atoms with Gasteiger partial charge in [-0.3, -0.25) is 0 Å². The molecule has 2 aliphatic carbocycles. The Hall–Kier alpha value is -0.0400. The minimum Gasteiger partial charge on any atom is -0.375 e. The molecule has 3 aliphatic rings. The van der Waals surface area contributed by atoms with Gasteiger partial charge in [0.25, 0.3) is 0 Å². The zero-order valence-corrected chi connectivity index (χ0v) is 13.6. The smallest absolute Gasteiger partial charge is 0.0689 e.